The molecule has 1 aliphatic carbocycles. The van der Waals surface area contributed by atoms with Crippen LogP contribution in [0.5, 0.6) is 0 Å². The van der Waals surface area contributed by atoms with Crippen molar-refractivity contribution in [2.75, 3.05) is 0 Å². The lowest BCUT2D eigenvalue weighted by atomic mass is 9.80. The third kappa shape index (κ3) is 1.08. The minimum absolute atomic E-state index is 0.157. The maximum atomic E-state index is 11.0. The SMILES string of the molecule is C[C@@H]1NC(=O)OC12CCCCC2. The Morgan fingerprint density at radius 3 is 2.58 bits per heavy atom. The summed E-state index contributed by atoms with van der Waals surface area (Å²) in [7, 11) is 0. The standard InChI is InChI=1S/C9H15NO2/c1-7-9(12-8(11)10-7)5-3-2-4-6-9/h7H,2-6H2,1H3,(H,10,11)/t7-/m0/s1. The molecule has 1 aliphatic heterocycles. The summed E-state index contributed by atoms with van der Waals surface area (Å²) in [6, 6.07) is 0.199. The van der Waals surface area contributed by atoms with E-state index in [0.29, 0.717) is 0 Å². The molecule has 12 heavy (non-hydrogen) atoms. The fraction of sp³-hybridized carbons (Fsp3) is 0.889. The third-order valence-corrected chi connectivity index (χ3v) is 3.12. The van der Waals surface area contributed by atoms with Gasteiger partial charge in [-0.3, -0.25) is 0 Å². The Balaban J connectivity index is 2.13. The summed E-state index contributed by atoms with van der Waals surface area (Å²) in [6.07, 6.45) is 5.51. The second-order valence-corrected chi connectivity index (χ2v) is 3.88. The lowest BCUT2D eigenvalue weighted by Gasteiger charge is -2.34. The van der Waals surface area contributed by atoms with E-state index in [4.69, 9.17) is 4.74 Å². The molecule has 1 saturated heterocycles. The van der Waals surface area contributed by atoms with Gasteiger partial charge >= 0.3 is 6.09 Å². The zero-order valence-corrected chi connectivity index (χ0v) is 7.43. The van der Waals surface area contributed by atoms with Gasteiger partial charge in [0.1, 0.15) is 5.60 Å². The second-order valence-electron chi connectivity index (χ2n) is 3.88. The molecule has 1 N–H and O–H groups in total. The Kier molecular flexibility index (Phi) is 1.74. The Labute approximate surface area is 72.5 Å². The lowest BCUT2D eigenvalue weighted by molar-refractivity contribution is 0.00808. The first-order valence-corrected chi connectivity index (χ1v) is 4.72. The van der Waals surface area contributed by atoms with Gasteiger partial charge in [-0.15, -0.1) is 0 Å². The van der Waals surface area contributed by atoms with Crippen molar-refractivity contribution in [2.24, 2.45) is 0 Å². The fourth-order valence-corrected chi connectivity index (χ4v) is 2.30. The quantitative estimate of drug-likeness (QED) is 0.600. The van der Waals surface area contributed by atoms with Crippen molar-refractivity contribution in [2.45, 2.75) is 50.7 Å². The molecule has 0 bridgehead atoms. The number of hydrogen-bond acceptors (Lipinski definition) is 2. The van der Waals surface area contributed by atoms with E-state index >= 15 is 0 Å². The molecule has 0 radical (unpaired) electrons. The highest BCUT2D eigenvalue weighted by Gasteiger charge is 2.46. The molecule has 1 amide bonds. The van der Waals surface area contributed by atoms with Gasteiger partial charge < -0.3 is 10.1 Å². The van der Waals surface area contributed by atoms with Gasteiger partial charge in [0.05, 0.1) is 6.04 Å². The second kappa shape index (κ2) is 2.64. The number of carbonyl (C=O) groups excluding carboxylic acids is 1. The normalized spacial score (nSPS) is 33.1. The Morgan fingerprint density at radius 1 is 1.42 bits per heavy atom. The largest absolute Gasteiger partial charge is 0.441 e. The summed E-state index contributed by atoms with van der Waals surface area (Å²) in [4.78, 5) is 11.0. The highest BCUT2D eigenvalue weighted by molar-refractivity contribution is 5.71. The van der Waals surface area contributed by atoms with Crippen LogP contribution < -0.4 is 5.32 Å². The van der Waals surface area contributed by atoms with E-state index < -0.39 is 0 Å². The van der Waals surface area contributed by atoms with Crippen molar-refractivity contribution >= 4 is 6.09 Å². The molecule has 1 heterocycles. The highest BCUT2D eigenvalue weighted by Crippen LogP contribution is 2.37. The summed E-state index contributed by atoms with van der Waals surface area (Å²) in [6.45, 7) is 2.04. The first-order valence-electron chi connectivity index (χ1n) is 4.72. The maximum Gasteiger partial charge on any atom is 0.408 e. The molecule has 2 fully saturated rings. The predicted octanol–water partition coefficient (Wildman–Crippen LogP) is 1.82. The van der Waals surface area contributed by atoms with Gasteiger partial charge in [0.15, 0.2) is 0 Å². The van der Waals surface area contributed by atoms with E-state index in [2.05, 4.69) is 5.32 Å². The van der Waals surface area contributed by atoms with E-state index in [9.17, 15) is 4.79 Å². The van der Waals surface area contributed by atoms with Gasteiger partial charge in [0, 0.05) is 0 Å². The molecule has 2 rings (SSSR count). The van der Waals surface area contributed by atoms with Crippen LogP contribution in [0.25, 0.3) is 0 Å². The zero-order chi connectivity index (χ0) is 8.60. The summed E-state index contributed by atoms with van der Waals surface area (Å²) in [5.41, 5.74) is -0.157. The minimum Gasteiger partial charge on any atom is -0.441 e. The molecule has 2 aliphatic rings. The molecular weight excluding hydrogens is 154 g/mol. The highest BCUT2D eigenvalue weighted by atomic mass is 16.6. The van der Waals surface area contributed by atoms with Crippen molar-refractivity contribution in [3.63, 3.8) is 0 Å². The molecule has 0 aromatic rings. The van der Waals surface area contributed by atoms with Crippen molar-refractivity contribution < 1.29 is 9.53 Å². The number of ether oxygens (including phenoxy) is 1. The average molecular weight is 169 g/mol. The van der Waals surface area contributed by atoms with Crippen LogP contribution in [0.15, 0.2) is 0 Å². The molecular formula is C9H15NO2. The molecule has 0 aromatic carbocycles. The third-order valence-electron chi connectivity index (χ3n) is 3.12. The molecule has 3 heteroatoms. The molecule has 1 spiro atoms. The minimum atomic E-state index is -0.232. The summed E-state index contributed by atoms with van der Waals surface area (Å²) >= 11 is 0. The van der Waals surface area contributed by atoms with Crippen LogP contribution in [0, 0.1) is 0 Å². The number of rotatable bonds is 0. The number of amides is 1. The Morgan fingerprint density at radius 2 is 2.08 bits per heavy atom. The topological polar surface area (TPSA) is 38.3 Å². The monoisotopic (exact) mass is 169 g/mol. The van der Waals surface area contributed by atoms with E-state index in [-0.39, 0.29) is 17.7 Å². The van der Waals surface area contributed by atoms with Crippen LogP contribution >= 0.6 is 0 Å². The van der Waals surface area contributed by atoms with E-state index in [1.807, 2.05) is 6.92 Å². The molecule has 0 aromatic heterocycles. The predicted molar refractivity (Wildman–Crippen MR) is 44.9 cm³/mol. The molecule has 68 valence electrons. The first kappa shape index (κ1) is 7.90. The van der Waals surface area contributed by atoms with Gasteiger partial charge in [0.2, 0.25) is 0 Å². The molecule has 1 saturated carbocycles. The summed E-state index contributed by atoms with van der Waals surface area (Å²) < 4.78 is 5.35. The van der Waals surface area contributed by atoms with E-state index in [1.54, 1.807) is 0 Å². The Bertz CT molecular complexity index is 197. The van der Waals surface area contributed by atoms with Gasteiger partial charge in [-0.2, -0.15) is 0 Å². The average Bonchev–Trinajstić information content (AvgIpc) is 2.29. The van der Waals surface area contributed by atoms with Crippen LogP contribution in [-0.4, -0.2) is 17.7 Å². The van der Waals surface area contributed by atoms with Crippen molar-refractivity contribution in [3.05, 3.63) is 0 Å². The molecule has 3 nitrogen and oxygen atoms in total. The van der Waals surface area contributed by atoms with Crippen LogP contribution in [0.4, 0.5) is 4.79 Å². The van der Waals surface area contributed by atoms with Gasteiger partial charge in [-0.1, -0.05) is 6.42 Å². The smallest absolute Gasteiger partial charge is 0.408 e. The number of nitrogens with one attached hydrogen (secondary N) is 1. The Hall–Kier alpha value is -0.730. The van der Waals surface area contributed by atoms with Gasteiger partial charge in [-0.05, 0) is 32.6 Å². The van der Waals surface area contributed by atoms with E-state index in [1.165, 1.54) is 19.3 Å². The van der Waals surface area contributed by atoms with Crippen molar-refractivity contribution in [1.82, 2.24) is 5.32 Å². The van der Waals surface area contributed by atoms with Crippen LogP contribution in [0.1, 0.15) is 39.0 Å². The van der Waals surface area contributed by atoms with Gasteiger partial charge in [0.25, 0.3) is 0 Å². The van der Waals surface area contributed by atoms with Crippen LogP contribution in [0.3, 0.4) is 0 Å². The molecule has 0 unspecified atom stereocenters. The number of carbonyl (C=O) groups is 1. The van der Waals surface area contributed by atoms with Crippen LogP contribution in [-0.2, 0) is 4.74 Å². The van der Waals surface area contributed by atoms with Crippen molar-refractivity contribution in [1.29, 1.82) is 0 Å². The van der Waals surface area contributed by atoms with Crippen LogP contribution in [0.2, 0.25) is 0 Å². The number of alkyl carbamates (subject to hydrolysis) is 1. The van der Waals surface area contributed by atoms with E-state index in [0.717, 1.165) is 12.8 Å². The zero-order valence-electron chi connectivity index (χ0n) is 7.43. The lowest BCUT2D eigenvalue weighted by Crippen LogP contribution is -2.42. The summed E-state index contributed by atoms with van der Waals surface area (Å²) in [5, 5.41) is 2.82. The fourth-order valence-electron chi connectivity index (χ4n) is 2.30. The first-order chi connectivity index (χ1) is 5.73. The van der Waals surface area contributed by atoms with Crippen molar-refractivity contribution in [3.8, 4) is 0 Å². The van der Waals surface area contributed by atoms with Gasteiger partial charge in [-0.25, -0.2) is 4.79 Å². The number of hydrogen-bond donors (Lipinski definition) is 1. The molecule has 1 atom stereocenters. The summed E-state index contributed by atoms with van der Waals surface area (Å²) in [5.74, 6) is 0. The maximum absolute atomic E-state index is 11.0.